The van der Waals surface area contributed by atoms with E-state index in [1.165, 1.54) is 5.56 Å². The third-order valence-electron chi connectivity index (χ3n) is 10.6. The highest BCUT2D eigenvalue weighted by molar-refractivity contribution is 6.19. The average Bonchev–Trinajstić information content (AvgIpc) is 3.78. The highest BCUT2D eigenvalue weighted by atomic mass is 15.2. The van der Waals surface area contributed by atoms with Gasteiger partial charge in [0, 0.05) is 38.2 Å². The summed E-state index contributed by atoms with van der Waals surface area (Å²) < 4.78 is 4.47. The number of benzene rings is 7. The van der Waals surface area contributed by atoms with Gasteiger partial charge in [-0.05, 0) is 53.6 Å². The van der Waals surface area contributed by atoms with Crippen molar-refractivity contribution in [2.24, 2.45) is 0 Å². The van der Waals surface area contributed by atoms with Gasteiger partial charge in [0.2, 0.25) is 5.95 Å². The van der Waals surface area contributed by atoms with Crippen LogP contribution in [0.3, 0.4) is 0 Å². The molecule has 11 aromatic rings. The van der Waals surface area contributed by atoms with Crippen molar-refractivity contribution in [3.05, 3.63) is 194 Å². The van der Waals surface area contributed by atoms with E-state index in [0.717, 1.165) is 77.4 Å². The fourth-order valence-electron chi connectivity index (χ4n) is 7.99. The normalized spacial score (nSPS) is 11.6. The van der Waals surface area contributed by atoms with Crippen LogP contribution in [0.5, 0.6) is 0 Å². The second kappa shape index (κ2) is 13.0. The predicted molar refractivity (Wildman–Crippen MR) is 228 cm³/mol. The Balaban J connectivity index is 1.16. The largest absolute Gasteiger partial charge is 0.294 e. The topological polar surface area (TPSA) is 61.4 Å². The fourth-order valence-corrected chi connectivity index (χ4v) is 7.99. The second-order valence-corrected chi connectivity index (χ2v) is 13.9. The molecule has 0 bridgehead atoms. The van der Waals surface area contributed by atoms with Gasteiger partial charge < -0.3 is 0 Å². The van der Waals surface area contributed by atoms with Crippen LogP contribution in [0.15, 0.2) is 194 Å². The summed E-state index contributed by atoms with van der Waals surface area (Å²) in [4.78, 5) is 20.7. The number of pyridine rings is 1. The smallest absolute Gasteiger partial charge is 0.238 e. The van der Waals surface area contributed by atoms with Gasteiger partial charge in [-0.3, -0.25) is 9.13 Å². The van der Waals surface area contributed by atoms with E-state index in [4.69, 9.17) is 19.9 Å². The van der Waals surface area contributed by atoms with Crippen LogP contribution in [0, 0.1) is 0 Å². The Hall–Kier alpha value is -7.70. The molecule has 6 nitrogen and oxygen atoms in total. The Morgan fingerprint density at radius 3 is 1.43 bits per heavy atom. The Kier molecular flexibility index (Phi) is 7.38. The molecule has 0 spiro atoms. The lowest BCUT2D eigenvalue weighted by Gasteiger charge is -2.12. The first-order valence-electron chi connectivity index (χ1n) is 18.7. The quantitative estimate of drug-likeness (QED) is 0.172. The zero-order chi connectivity index (χ0) is 37.0. The molecule has 6 heteroatoms. The molecule has 56 heavy (non-hydrogen) atoms. The molecule has 0 aliphatic heterocycles. The van der Waals surface area contributed by atoms with Gasteiger partial charge in [-0.1, -0.05) is 152 Å². The van der Waals surface area contributed by atoms with Gasteiger partial charge in [0.05, 0.1) is 27.8 Å². The average molecular weight is 717 g/mol. The first kappa shape index (κ1) is 31.8. The number of aromatic nitrogens is 6. The monoisotopic (exact) mass is 716 g/mol. The maximum absolute atomic E-state index is 5.34. The number of fused-ring (bicyclic) bond motifs is 6. The van der Waals surface area contributed by atoms with E-state index in [2.05, 4.69) is 137 Å². The lowest BCUT2D eigenvalue weighted by Crippen LogP contribution is -2.06. The van der Waals surface area contributed by atoms with E-state index in [1.807, 2.05) is 66.7 Å². The summed E-state index contributed by atoms with van der Waals surface area (Å²) in [6.07, 6.45) is 0. The van der Waals surface area contributed by atoms with Crippen LogP contribution in [0.2, 0.25) is 0 Å². The van der Waals surface area contributed by atoms with Crippen LogP contribution in [0.1, 0.15) is 0 Å². The Labute approximate surface area is 322 Å². The van der Waals surface area contributed by atoms with Crippen LogP contribution in [0.25, 0.3) is 101 Å². The lowest BCUT2D eigenvalue weighted by molar-refractivity contribution is 0.953. The molecule has 0 unspecified atom stereocenters. The summed E-state index contributed by atoms with van der Waals surface area (Å²) in [5, 5.41) is 4.57. The summed E-state index contributed by atoms with van der Waals surface area (Å²) in [6, 6.07) is 67.3. The Morgan fingerprint density at radius 2 is 0.786 bits per heavy atom. The molecule has 0 N–H and O–H groups in total. The van der Waals surface area contributed by atoms with E-state index in [0.29, 0.717) is 17.6 Å². The van der Waals surface area contributed by atoms with Crippen LogP contribution in [-0.2, 0) is 0 Å². The number of hydrogen-bond acceptors (Lipinski definition) is 4. The van der Waals surface area contributed by atoms with Crippen molar-refractivity contribution in [2.75, 3.05) is 0 Å². The molecular formula is C50H32N6. The standard InChI is InChI=1S/C50H32N6/c1-4-16-33(17-5-1)36-22-14-23-37(30-36)42-26-15-29-47(51-42)55-43-27-12-10-24-38(43)40-31-41-39-25-11-13-28-44(39)56(46(41)32-45(40)55)50-53-48(34-18-6-2-7-19-34)52-49(54-50)35-20-8-3-9-21-35/h1-32H. The van der Waals surface area contributed by atoms with Gasteiger partial charge in [-0.2, -0.15) is 9.97 Å². The molecule has 7 aromatic carbocycles. The minimum Gasteiger partial charge on any atom is -0.294 e. The molecule has 0 aliphatic carbocycles. The summed E-state index contributed by atoms with van der Waals surface area (Å²) in [5.74, 6) is 2.64. The van der Waals surface area contributed by atoms with Crippen molar-refractivity contribution in [2.45, 2.75) is 0 Å². The lowest BCUT2D eigenvalue weighted by atomic mass is 10.0. The van der Waals surface area contributed by atoms with Gasteiger partial charge in [-0.25, -0.2) is 9.97 Å². The first-order chi connectivity index (χ1) is 27.8. The van der Waals surface area contributed by atoms with E-state index >= 15 is 0 Å². The van der Waals surface area contributed by atoms with Crippen molar-refractivity contribution >= 4 is 43.6 Å². The maximum atomic E-state index is 5.34. The zero-order valence-electron chi connectivity index (χ0n) is 30.2. The molecule has 0 saturated heterocycles. The van der Waals surface area contributed by atoms with Crippen molar-refractivity contribution in [1.29, 1.82) is 0 Å². The Bertz CT molecular complexity index is 3180. The zero-order valence-corrected chi connectivity index (χ0v) is 30.2. The summed E-state index contributed by atoms with van der Waals surface area (Å²) in [6.45, 7) is 0. The number of hydrogen-bond donors (Lipinski definition) is 0. The van der Waals surface area contributed by atoms with Crippen LogP contribution in [-0.4, -0.2) is 29.1 Å². The molecule has 11 rings (SSSR count). The SMILES string of the molecule is c1ccc(-c2cccc(-c3cccc(-n4c5ccccc5c5cc6c7ccccc7n(-c7nc(-c8ccccc8)nc(-c8ccccc8)n7)c6cc54)n3)c2)cc1. The van der Waals surface area contributed by atoms with Crippen molar-refractivity contribution in [3.63, 3.8) is 0 Å². The molecule has 4 aromatic heterocycles. The summed E-state index contributed by atoms with van der Waals surface area (Å²) >= 11 is 0. The van der Waals surface area contributed by atoms with E-state index in [-0.39, 0.29) is 0 Å². The van der Waals surface area contributed by atoms with Crippen LogP contribution >= 0.6 is 0 Å². The van der Waals surface area contributed by atoms with Gasteiger partial charge in [0.25, 0.3) is 0 Å². The molecule has 0 amide bonds. The third-order valence-corrected chi connectivity index (χ3v) is 10.6. The molecule has 0 saturated carbocycles. The molecule has 0 radical (unpaired) electrons. The molecular weight excluding hydrogens is 685 g/mol. The predicted octanol–water partition coefficient (Wildman–Crippen LogP) is 12.1. The number of para-hydroxylation sites is 2. The molecule has 0 aliphatic rings. The highest BCUT2D eigenvalue weighted by Gasteiger charge is 2.21. The maximum Gasteiger partial charge on any atom is 0.238 e. The minimum absolute atomic E-state index is 0.560. The third kappa shape index (κ3) is 5.27. The molecule has 0 atom stereocenters. The van der Waals surface area contributed by atoms with Crippen molar-refractivity contribution < 1.29 is 0 Å². The Morgan fingerprint density at radius 1 is 0.286 bits per heavy atom. The van der Waals surface area contributed by atoms with Crippen molar-refractivity contribution in [3.8, 4) is 56.9 Å². The van der Waals surface area contributed by atoms with Crippen LogP contribution < -0.4 is 0 Å². The van der Waals surface area contributed by atoms with Gasteiger partial charge in [-0.15, -0.1) is 0 Å². The second-order valence-electron chi connectivity index (χ2n) is 13.9. The number of nitrogens with zero attached hydrogens (tertiary/aromatic N) is 6. The van der Waals surface area contributed by atoms with Gasteiger partial charge in [0.1, 0.15) is 5.82 Å². The highest BCUT2D eigenvalue weighted by Crippen LogP contribution is 2.39. The van der Waals surface area contributed by atoms with Crippen LogP contribution in [0.4, 0.5) is 0 Å². The summed E-state index contributed by atoms with van der Waals surface area (Å²) in [7, 11) is 0. The fraction of sp³-hybridized carbons (Fsp3) is 0. The van der Waals surface area contributed by atoms with Gasteiger partial charge in [0.15, 0.2) is 11.6 Å². The van der Waals surface area contributed by atoms with E-state index < -0.39 is 0 Å². The van der Waals surface area contributed by atoms with E-state index in [9.17, 15) is 0 Å². The minimum atomic E-state index is 0.560. The van der Waals surface area contributed by atoms with Gasteiger partial charge >= 0.3 is 0 Å². The summed E-state index contributed by atoms with van der Waals surface area (Å²) in [5.41, 5.74) is 10.3. The molecule has 262 valence electrons. The van der Waals surface area contributed by atoms with Crippen molar-refractivity contribution in [1.82, 2.24) is 29.1 Å². The molecule has 0 fully saturated rings. The first-order valence-corrected chi connectivity index (χ1v) is 18.7. The van der Waals surface area contributed by atoms with E-state index in [1.54, 1.807) is 0 Å². The number of rotatable bonds is 6. The molecule has 4 heterocycles.